The molecule has 2 rings (SSSR count). The lowest BCUT2D eigenvalue weighted by atomic mass is 10.2. The largest absolute Gasteiger partial charge is 0.462 e. The fourth-order valence-corrected chi connectivity index (χ4v) is 1.86. The second-order valence-corrected chi connectivity index (χ2v) is 4.67. The molecule has 0 spiro atoms. The molecule has 0 aliphatic carbocycles. The fourth-order valence-electron chi connectivity index (χ4n) is 1.53. The average molecular weight is 330 g/mol. The molecule has 0 fully saturated rings. The molecule has 0 aliphatic rings. The second-order valence-electron chi connectivity index (χ2n) is 3.88. The van der Waals surface area contributed by atoms with Gasteiger partial charge in [-0.25, -0.2) is 14.2 Å². The van der Waals surface area contributed by atoms with Gasteiger partial charge in [-0.1, -0.05) is 29.3 Å². The van der Waals surface area contributed by atoms with Crippen molar-refractivity contribution in [2.45, 2.75) is 6.92 Å². The fraction of sp³-hybridized carbons (Fsp3) is 0.143. The van der Waals surface area contributed by atoms with Crippen molar-refractivity contribution in [3.05, 3.63) is 51.9 Å². The first-order valence-electron chi connectivity index (χ1n) is 5.97. The Labute approximate surface area is 130 Å². The van der Waals surface area contributed by atoms with E-state index in [1.807, 2.05) is 0 Å². The number of rotatable bonds is 4. The Morgan fingerprint density at radius 1 is 1.38 bits per heavy atom. The lowest BCUT2D eigenvalue weighted by Crippen LogP contribution is -2.08. The van der Waals surface area contributed by atoms with Crippen LogP contribution < -0.4 is 4.74 Å². The molecule has 7 heteroatoms. The van der Waals surface area contributed by atoms with Crippen LogP contribution in [-0.2, 0) is 4.74 Å². The van der Waals surface area contributed by atoms with Gasteiger partial charge in [0.2, 0.25) is 5.88 Å². The number of hydrogen-bond acceptors (Lipinski definition) is 4. The summed E-state index contributed by atoms with van der Waals surface area (Å²) in [6.45, 7) is 1.78. The Bertz CT molecular complexity index is 679. The van der Waals surface area contributed by atoms with Gasteiger partial charge < -0.3 is 9.47 Å². The summed E-state index contributed by atoms with van der Waals surface area (Å²) in [6.07, 6.45) is 0.927. The summed E-state index contributed by atoms with van der Waals surface area (Å²) in [7, 11) is 0. The Hall–Kier alpha value is -1.85. The van der Waals surface area contributed by atoms with Crippen LogP contribution in [0.1, 0.15) is 17.3 Å². The summed E-state index contributed by atoms with van der Waals surface area (Å²) in [5.74, 6) is -1.33. The maximum atomic E-state index is 13.3. The highest BCUT2D eigenvalue weighted by Gasteiger charge is 2.18. The molecule has 0 radical (unpaired) electrons. The number of hydrogen-bond donors (Lipinski definition) is 0. The standard InChI is InChI=1S/C14H10Cl2FNO3/c1-2-20-14(19)9-6-8(17)7-18-13(9)21-11-5-3-4-10(15)12(11)16/h3-7H,2H2,1H3. The average Bonchev–Trinajstić information content (AvgIpc) is 2.46. The first-order valence-corrected chi connectivity index (χ1v) is 6.73. The highest BCUT2D eigenvalue weighted by Crippen LogP contribution is 2.35. The summed E-state index contributed by atoms with van der Waals surface area (Å²) in [5, 5.41) is 0.453. The van der Waals surface area contributed by atoms with E-state index in [1.165, 1.54) is 0 Å². The number of carbonyl (C=O) groups is 1. The summed E-state index contributed by atoms with van der Waals surface area (Å²) in [6, 6.07) is 5.74. The van der Waals surface area contributed by atoms with E-state index in [-0.39, 0.29) is 33.8 Å². The third-order valence-corrected chi connectivity index (χ3v) is 3.24. The van der Waals surface area contributed by atoms with Crippen molar-refractivity contribution in [2.24, 2.45) is 0 Å². The zero-order chi connectivity index (χ0) is 15.4. The molecule has 4 nitrogen and oxygen atoms in total. The van der Waals surface area contributed by atoms with Crippen LogP contribution in [0.5, 0.6) is 11.6 Å². The van der Waals surface area contributed by atoms with E-state index >= 15 is 0 Å². The van der Waals surface area contributed by atoms with Gasteiger partial charge in [0.25, 0.3) is 0 Å². The van der Waals surface area contributed by atoms with Crippen molar-refractivity contribution in [1.82, 2.24) is 4.98 Å². The van der Waals surface area contributed by atoms with Crippen LogP contribution in [0.4, 0.5) is 4.39 Å². The van der Waals surface area contributed by atoms with Gasteiger partial charge in [0.05, 0.1) is 17.8 Å². The van der Waals surface area contributed by atoms with Crippen molar-refractivity contribution in [3.8, 4) is 11.6 Å². The number of halogens is 3. The summed E-state index contributed by atoms with van der Waals surface area (Å²) in [4.78, 5) is 15.5. The molecule has 0 aliphatic heterocycles. The van der Waals surface area contributed by atoms with Crippen molar-refractivity contribution in [3.63, 3.8) is 0 Å². The molecule has 0 amide bonds. The summed E-state index contributed by atoms with van der Waals surface area (Å²) in [5.41, 5.74) is -0.132. The number of ether oxygens (including phenoxy) is 2. The predicted octanol–water partition coefficient (Wildman–Crippen LogP) is 4.50. The SMILES string of the molecule is CCOC(=O)c1cc(F)cnc1Oc1cccc(Cl)c1Cl. The maximum Gasteiger partial charge on any atom is 0.343 e. The Morgan fingerprint density at radius 3 is 2.86 bits per heavy atom. The van der Waals surface area contributed by atoms with Gasteiger partial charge in [0.1, 0.15) is 22.2 Å². The van der Waals surface area contributed by atoms with E-state index in [0.29, 0.717) is 0 Å². The first kappa shape index (κ1) is 15.5. The molecule has 110 valence electrons. The predicted molar refractivity (Wildman–Crippen MR) is 76.7 cm³/mol. The molecule has 1 heterocycles. The van der Waals surface area contributed by atoms with Crippen LogP contribution >= 0.6 is 23.2 Å². The highest BCUT2D eigenvalue weighted by molar-refractivity contribution is 6.42. The second kappa shape index (κ2) is 6.74. The lowest BCUT2D eigenvalue weighted by molar-refractivity contribution is 0.0522. The molecule has 21 heavy (non-hydrogen) atoms. The van der Waals surface area contributed by atoms with Crippen molar-refractivity contribution >= 4 is 29.2 Å². The molecule has 0 unspecified atom stereocenters. The molecule has 0 N–H and O–H groups in total. The number of nitrogens with zero attached hydrogens (tertiary/aromatic N) is 1. The van der Waals surface area contributed by atoms with Crippen LogP contribution in [0.25, 0.3) is 0 Å². The third-order valence-electron chi connectivity index (χ3n) is 2.44. The molecular weight excluding hydrogens is 320 g/mol. The van der Waals surface area contributed by atoms with Gasteiger partial charge in [-0.2, -0.15) is 0 Å². The molecule has 2 aromatic rings. The van der Waals surface area contributed by atoms with Crippen LogP contribution in [-0.4, -0.2) is 17.6 Å². The Balaban J connectivity index is 2.40. The third kappa shape index (κ3) is 3.62. The highest BCUT2D eigenvalue weighted by atomic mass is 35.5. The minimum atomic E-state index is -0.738. The Morgan fingerprint density at radius 2 is 2.14 bits per heavy atom. The Kier molecular flexibility index (Phi) is 4.98. The molecular formula is C14H10Cl2FNO3. The molecule has 1 aromatic carbocycles. The minimum absolute atomic E-state index is 0.112. The van der Waals surface area contributed by atoms with E-state index in [9.17, 15) is 9.18 Å². The van der Waals surface area contributed by atoms with Gasteiger partial charge in [-0.3, -0.25) is 0 Å². The van der Waals surface area contributed by atoms with E-state index in [4.69, 9.17) is 32.7 Å². The molecule has 1 aromatic heterocycles. The molecule has 0 bridgehead atoms. The summed E-state index contributed by atoms with van der Waals surface area (Å²) < 4.78 is 23.5. The quantitative estimate of drug-likeness (QED) is 0.775. The number of pyridine rings is 1. The number of esters is 1. The van der Waals surface area contributed by atoms with Crippen LogP contribution in [0.2, 0.25) is 10.0 Å². The number of carbonyl (C=O) groups excluding carboxylic acids is 1. The first-order chi connectivity index (χ1) is 10.0. The normalized spacial score (nSPS) is 10.3. The van der Waals surface area contributed by atoms with E-state index < -0.39 is 11.8 Å². The molecule has 0 atom stereocenters. The van der Waals surface area contributed by atoms with Gasteiger partial charge in [0, 0.05) is 0 Å². The van der Waals surface area contributed by atoms with E-state index in [2.05, 4.69) is 4.98 Å². The lowest BCUT2D eigenvalue weighted by Gasteiger charge is -2.11. The minimum Gasteiger partial charge on any atom is -0.462 e. The topological polar surface area (TPSA) is 48.4 Å². The number of aromatic nitrogens is 1. The van der Waals surface area contributed by atoms with Crippen LogP contribution in [0.3, 0.4) is 0 Å². The smallest absolute Gasteiger partial charge is 0.343 e. The van der Waals surface area contributed by atoms with Gasteiger partial charge in [0.15, 0.2) is 0 Å². The monoisotopic (exact) mass is 329 g/mol. The van der Waals surface area contributed by atoms with Crippen molar-refractivity contribution in [1.29, 1.82) is 0 Å². The molecule has 0 saturated heterocycles. The zero-order valence-electron chi connectivity index (χ0n) is 10.9. The van der Waals surface area contributed by atoms with Crippen molar-refractivity contribution < 1.29 is 18.7 Å². The van der Waals surface area contributed by atoms with Crippen LogP contribution in [0, 0.1) is 5.82 Å². The maximum absolute atomic E-state index is 13.3. The van der Waals surface area contributed by atoms with Gasteiger partial charge in [-0.15, -0.1) is 0 Å². The van der Waals surface area contributed by atoms with E-state index in [1.54, 1.807) is 25.1 Å². The van der Waals surface area contributed by atoms with Crippen molar-refractivity contribution in [2.75, 3.05) is 6.61 Å². The van der Waals surface area contributed by atoms with Gasteiger partial charge in [-0.05, 0) is 25.1 Å². The van der Waals surface area contributed by atoms with Crippen LogP contribution in [0.15, 0.2) is 30.5 Å². The summed E-state index contributed by atoms with van der Waals surface area (Å²) >= 11 is 11.9. The molecule has 0 saturated carbocycles. The van der Waals surface area contributed by atoms with Gasteiger partial charge >= 0.3 is 5.97 Å². The number of benzene rings is 1. The van der Waals surface area contributed by atoms with E-state index in [0.717, 1.165) is 12.3 Å². The zero-order valence-corrected chi connectivity index (χ0v) is 12.4.